The molecule has 6 N–H and O–H groups in total. The van der Waals surface area contributed by atoms with E-state index >= 15 is 0 Å². The number of ether oxygens (including phenoxy) is 3. The lowest BCUT2D eigenvalue weighted by Crippen LogP contribution is -2.80. The van der Waals surface area contributed by atoms with Crippen molar-refractivity contribution in [2.24, 2.45) is 22.2 Å². The van der Waals surface area contributed by atoms with Crippen LogP contribution in [0, 0.1) is 22.2 Å². The van der Waals surface area contributed by atoms with Crippen LogP contribution >= 0.6 is 0 Å². The molecule has 1 amide bonds. The lowest BCUT2D eigenvalue weighted by atomic mass is 9.42. The number of carbonyl (C=O) groups excluding carboxylic acids is 3. The van der Waals surface area contributed by atoms with Gasteiger partial charge in [0.25, 0.3) is 5.91 Å². The summed E-state index contributed by atoms with van der Waals surface area (Å²) in [6.45, 7) is 14.0. The zero-order valence-electron chi connectivity index (χ0n) is 35.5. The Kier molecular flexibility index (Phi) is 12.8. The van der Waals surface area contributed by atoms with Gasteiger partial charge in [0.05, 0.1) is 37.6 Å². The van der Waals surface area contributed by atoms with Gasteiger partial charge in [0.15, 0.2) is 20.5 Å². The fourth-order valence-corrected chi connectivity index (χ4v) is 14.0. The SMILES string of the molecule is CC[Si](CC)(CC)OC1CC2OC[C@]2(CO)[C@H]2[C@H](O)C3(O)C[C@H](OC(=O)[C@H](O)[C@@H](NC(=O)c4ccccc4)c4ccccc4)C(C)=C([C@H](OC(C)=O)[C@H](O)C12C)C3(C)C. The molecular formula is C45H63NO12Si. The molecule has 1 heterocycles. The Bertz CT molecular complexity index is 1880. The quantitative estimate of drug-likeness (QED) is 0.0948. The van der Waals surface area contributed by atoms with Crippen LogP contribution < -0.4 is 5.32 Å². The molecule has 59 heavy (non-hydrogen) atoms. The van der Waals surface area contributed by atoms with E-state index in [2.05, 4.69) is 26.1 Å². The lowest BCUT2D eigenvalue weighted by molar-refractivity contribution is -0.349. The van der Waals surface area contributed by atoms with Crippen LogP contribution in [0.2, 0.25) is 18.1 Å². The number of rotatable bonds is 13. The minimum absolute atomic E-state index is 0.0411. The van der Waals surface area contributed by atoms with Crippen molar-refractivity contribution in [1.82, 2.24) is 5.32 Å². The van der Waals surface area contributed by atoms with Gasteiger partial charge in [0.2, 0.25) is 0 Å². The topological polar surface area (TPSA) is 201 Å². The maximum atomic E-state index is 14.2. The molecule has 1 saturated heterocycles. The third kappa shape index (κ3) is 7.30. The molecule has 324 valence electrons. The van der Waals surface area contributed by atoms with E-state index in [1.54, 1.807) is 88.4 Å². The molecule has 2 aromatic carbocycles. The molecule has 6 rings (SSSR count). The molecule has 0 radical (unpaired) electrons. The van der Waals surface area contributed by atoms with Crippen molar-refractivity contribution in [3.8, 4) is 0 Å². The van der Waals surface area contributed by atoms with Crippen LogP contribution in [0.3, 0.4) is 0 Å². The van der Waals surface area contributed by atoms with E-state index in [4.69, 9.17) is 18.6 Å². The van der Waals surface area contributed by atoms with E-state index in [0.717, 1.165) is 18.1 Å². The summed E-state index contributed by atoms with van der Waals surface area (Å²) in [4.78, 5) is 40.6. The van der Waals surface area contributed by atoms with Crippen LogP contribution in [-0.2, 0) is 28.2 Å². The number of aliphatic hydroxyl groups excluding tert-OH is 4. The molecule has 2 bridgehead atoms. The van der Waals surface area contributed by atoms with E-state index < -0.39 is 109 Å². The number of aliphatic hydroxyl groups is 5. The Balaban J connectivity index is 1.46. The maximum Gasteiger partial charge on any atom is 0.338 e. The average molecular weight is 838 g/mol. The van der Waals surface area contributed by atoms with Crippen molar-refractivity contribution in [1.29, 1.82) is 0 Å². The number of nitrogens with one attached hydrogen (secondary N) is 1. The Morgan fingerprint density at radius 1 is 0.932 bits per heavy atom. The smallest absolute Gasteiger partial charge is 0.338 e. The van der Waals surface area contributed by atoms with E-state index in [9.17, 15) is 39.9 Å². The minimum Gasteiger partial charge on any atom is -0.456 e. The number of benzene rings is 2. The predicted molar refractivity (Wildman–Crippen MR) is 220 cm³/mol. The fraction of sp³-hybridized carbons (Fsp3) is 0.622. The molecule has 3 fully saturated rings. The van der Waals surface area contributed by atoms with Crippen LogP contribution in [0.25, 0.3) is 0 Å². The van der Waals surface area contributed by atoms with Crippen LogP contribution in [0.4, 0.5) is 0 Å². The number of amides is 1. The Hall–Kier alpha value is -3.47. The Morgan fingerprint density at radius 2 is 1.53 bits per heavy atom. The number of fused-ring (bicyclic) bond motifs is 5. The first-order valence-corrected chi connectivity index (χ1v) is 23.5. The zero-order valence-corrected chi connectivity index (χ0v) is 36.5. The lowest BCUT2D eigenvalue weighted by Gasteiger charge is -2.70. The highest BCUT2D eigenvalue weighted by Crippen LogP contribution is 2.67. The second kappa shape index (κ2) is 16.8. The number of carbonyl (C=O) groups is 3. The average Bonchev–Trinajstić information content (AvgIpc) is 3.22. The van der Waals surface area contributed by atoms with Gasteiger partial charge in [-0.25, -0.2) is 4.79 Å². The predicted octanol–water partition coefficient (Wildman–Crippen LogP) is 4.37. The van der Waals surface area contributed by atoms with Crippen molar-refractivity contribution in [3.05, 3.63) is 82.9 Å². The normalized spacial score (nSPS) is 34.8. The third-order valence-corrected chi connectivity index (χ3v) is 19.6. The highest BCUT2D eigenvalue weighted by atomic mass is 28.4. The Labute approximate surface area is 348 Å². The van der Waals surface area contributed by atoms with Gasteiger partial charge in [-0.15, -0.1) is 0 Å². The first-order chi connectivity index (χ1) is 27.8. The van der Waals surface area contributed by atoms with Crippen molar-refractivity contribution >= 4 is 26.2 Å². The number of hydrogen-bond acceptors (Lipinski definition) is 12. The summed E-state index contributed by atoms with van der Waals surface area (Å²) in [5.74, 6) is -3.43. The van der Waals surface area contributed by atoms with Gasteiger partial charge < -0.3 is 49.5 Å². The molecule has 4 unspecified atom stereocenters. The summed E-state index contributed by atoms with van der Waals surface area (Å²) in [5, 5.41) is 65.1. The number of esters is 2. The van der Waals surface area contributed by atoms with Crippen molar-refractivity contribution < 1.29 is 58.6 Å². The summed E-state index contributed by atoms with van der Waals surface area (Å²) >= 11 is 0. The summed E-state index contributed by atoms with van der Waals surface area (Å²) in [6, 6.07) is 18.0. The number of hydrogen-bond donors (Lipinski definition) is 6. The Morgan fingerprint density at radius 3 is 2.05 bits per heavy atom. The van der Waals surface area contributed by atoms with Crippen molar-refractivity contribution in [2.75, 3.05) is 13.2 Å². The van der Waals surface area contributed by atoms with E-state index in [1.165, 1.54) is 6.92 Å². The third-order valence-electron chi connectivity index (χ3n) is 15.0. The van der Waals surface area contributed by atoms with E-state index in [0.29, 0.717) is 23.1 Å². The van der Waals surface area contributed by atoms with Gasteiger partial charge in [-0.3, -0.25) is 9.59 Å². The first kappa shape index (κ1) is 45.1. The van der Waals surface area contributed by atoms with Gasteiger partial charge >= 0.3 is 11.9 Å². The highest BCUT2D eigenvalue weighted by molar-refractivity contribution is 6.73. The molecule has 12 atom stereocenters. The molecule has 14 heteroatoms. The maximum absolute atomic E-state index is 14.2. The second-order valence-electron chi connectivity index (χ2n) is 18.0. The van der Waals surface area contributed by atoms with Crippen LogP contribution in [-0.4, -0.2) is 113 Å². The largest absolute Gasteiger partial charge is 0.456 e. The van der Waals surface area contributed by atoms with Gasteiger partial charge in [-0.05, 0) is 60.3 Å². The van der Waals surface area contributed by atoms with Gasteiger partial charge in [0, 0.05) is 41.1 Å². The van der Waals surface area contributed by atoms with Crippen LogP contribution in [0.5, 0.6) is 0 Å². The summed E-state index contributed by atoms with van der Waals surface area (Å²) < 4.78 is 25.5. The molecule has 13 nitrogen and oxygen atoms in total. The van der Waals surface area contributed by atoms with Gasteiger partial charge in [0.1, 0.15) is 17.8 Å². The molecule has 4 aliphatic rings. The van der Waals surface area contributed by atoms with E-state index in [1.807, 2.05) is 0 Å². The molecular weight excluding hydrogens is 775 g/mol. The summed E-state index contributed by atoms with van der Waals surface area (Å²) in [5.41, 5.74) is -4.73. The van der Waals surface area contributed by atoms with Crippen molar-refractivity contribution in [2.45, 2.75) is 141 Å². The zero-order chi connectivity index (χ0) is 43.3. The van der Waals surface area contributed by atoms with Crippen molar-refractivity contribution in [3.63, 3.8) is 0 Å². The van der Waals surface area contributed by atoms with Gasteiger partial charge in [-0.2, -0.15) is 0 Å². The standard InChI is InChI=1S/C45H63NO12Si/c1-9-59(10-2,11-3)58-31-22-32-44(24-47,25-55-32)37-39(51)45(54)23-30(26(4)33(42(45,6)7)36(56-27(5)48)38(50)43(31,37)8)57-41(53)35(49)34(28-18-14-12-15-19-28)46-40(52)29-20-16-13-17-21-29/h12-21,30-32,34-39,47,49-51,54H,9-11,22-25H2,1-8H3,(H,46,52)/t30-,31?,32?,34-,35+,36-,37-,38-,39-,43?,44-,45?/m0/s1. The minimum atomic E-state index is -2.42. The summed E-state index contributed by atoms with van der Waals surface area (Å²) in [6.07, 6.45) is -9.19. The summed E-state index contributed by atoms with van der Waals surface area (Å²) in [7, 11) is -2.42. The second-order valence-corrected chi connectivity index (χ2v) is 22.7. The first-order valence-electron chi connectivity index (χ1n) is 21.0. The molecule has 0 spiro atoms. The molecule has 2 aromatic rings. The van der Waals surface area contributed by atoms with E-state index in [-0.39, 0.29) is 18.6 Å². The van der Waals surface area contributed by atoms with Gasteiger partial charge in [-0.1, -0.05) is 90.1 Å². The van der Waals surface area contributed by atoms with Crippen LogP contribution in [0.1, 0.15) is 90.2 Å². The monoisotopic (exact) mass is 837 g/mol. The molecule has 1 aliphatic heterocycles. The molecule has 3 aliphatic carbocycles. The molecule has 2 saturated carbocycles. The highest BCUT2D eigenvalue weighted by Gasteiger charge is 2.76. The van der Waals surface area contributed by atoms with Crippen LogP contribution in [0.15, 0.2) is 71.8 Å². The molecule has 0 aromatic heterocycles. The fourth-order valence-electron chi connectivity index (χ4n) is 11.0.